The lowest BCUT2D eigenvalue weighted by Gasteiger charge is -2.24. The SMILES string of the molecule is Cc1noc(C)c1CCC(=O)NC1CCCc2c1[nH]c1ccccc21. The zero-order valence-electron chi connectivity index (χ0n) is 14.7. The standard InChI is InChI=1S/C20H23N3O2/c1-12-14(13(2)25-23-12)10-11-19(24)21-18-9-5-7-16-15-6-3-4-8-17(15)22-20(16)18/h3-4,6,8,18,22H,5,7,9-11H2,1-2H3,(H,21,24). The van der Waals surface area contributed by atoms with E-state index in [0.29, 0.717) is 12.8 Å². The van der Waals surface area contributed by atoms with Gasteiger partial charge in [0.25, 0.3) is 0 Å². The van der Waals surface area contributed by atoms with Gasteiger partial charge in [-0.05, 0) is 51.2 Å². The van der Waals surface area contributed by atoms with Crippen molar-refractivity contribution in [1.82, 2.24) is 15.5 Å². The summed E-state index contributed by atoms with van der Waals surface area (Å²) >= 11 is 0. The molecule has 1 aromatic carbocycles. The molecule has 130 valence electrons. The summed E-state index contributed by atoms with van der Waals surface area (Å²) in [5.41, 5.74) is 5.62. The van der Waals surface area contributed by atoms with Crippen molar-refractivity contribution >= 4 is 16.8 Å². The average Bonchev–Trinajstić information content (AvgIpc) is 3.14. The van der Waals surface area contributed by atoms with Crippen LogP contribution in [0.1, 0.15) is 53.6 Å². The lowest BCUT2D eigenvalue weighted by molar-refractivity contribution is -0.121. The third kappa shape index (κ3) is 2.95. The van der Waals surface area contributed by atoms with Crippen molar-refractivity contribution < 1.29 is 9.32 Å². The molecular formula is C20H23N3O2. The van der Waals surface area contributed by atoms with Gasteiger partial charge in [0.1, 0.15) is 5.76 Å². The number of carbonyl (C=O) groups is 1. The molecular weight excluding hydrogens is 314 g/mol. The number of aromatic amines is 1. The lowest BCUT2D eigenvalue weighted by atomic mass is 9.91. The van der Waals surface area contributed by atoms with E-state index >= 15 is 0 Å². The van der Waals surface area contributed by atoms with Crippen LogP contribution in [-0.4, -0.2) is 16.0 Å². The van der Waals surface area contributed by atoms with E-state index in [1.165, 1.54) is 16.6 Å². The Balaban J connectivity index is 1.48. The number of hydrogen-bond donors (Lipinski definition) is 2. The third-order valence-electron chi connectivity index (χ3n) is 5.23. The van der Waals surface area contributed by atoms with E-state index in [1.807, 2.05) is 19.9 Å². The van der Waals surface area contributed by atoms with E-state index < -0.39 is 0 Å². The molecule has 0 fully saturated rings. The van der Waals surface area contributed by atoms with Crippen molar-refractivity contribution in [3.05, 3.63) is 52.5 Å². The number of nitrogens with one attached hydrogen (secondary N) is 2. The number of hydrogen-bond acceptors (Lipinski definition) is 3. The number of amides is 1. The van der Waals surface area contributed by atoms with Crippen molar-refractivity contribution in [1.29, 1.82) is 0 Å². The summed E-state index contributed by atoms with van der Waals surface area (Å²) < 4.78 is 5.17. The maximum absolute atomic E-state index is 12.5. The Kier molecular flexibility index (Phi) is 4.07. The van der Waals surface area contributed by atoms with Gasteiger partial charge in [0.2, 0.25) is 5.91 Å². The first-order chi connectivity index (χ1) is 12.1. The molecule has 2 N–H and O–H groups in total. The Hall–Kier alpha value is -2.56. The molecule has 0 saturated heterocycles. The molecule has 0 aliphatic heterocycles. The van der Waals surface area contributed by atoms with Gasteiger partial charge in [-0.2, -0.15) is 0 Å². The number of H-pyrrole nitrogens is 1. The molecule has 4 rings (SSSR count). The second-order valence-corrected chi connectivity index (χ2v) is 6.88. The molecule has 0 saturated carbocycles. The summed E-state index contributed by atoms with van der Waals surface area (Å²) in [7, 11) is 0. The molecule has 1 unspecified atom stereocenters. The second kappa shape index (κ2) is 6.39. The second-order valence-electron chi connectivity index (χ2n) is 6.88. The Labute approximate surface area is 146 Å². The van der Waals surface area contributed by atoms with Gasteiger partial charge in [0, 0.05) is 28.6 Å². The highest BCUT2D eigenvalue weighted by Gasteiger charge is 2.25. The van der Waals surface area contributed by atoms with Gasteiger partial charge in [-0.3, -0.25) is 4.79 Å². The Morgan fingerprint density at radius 3 is 3.00 bits per heavy atom. The minimum absolute atomic E-state index is 0.0771. The largest absolute Gasteiger partial charge is 0.361 e. The van der Waals surface area contributed by atoms with Crippen LogP contribution in [0.3, 0.4) is 0 Å². The van der Waals surface area contributed by atoms with Crippen molar-refractivity contribution in [2.24, 2.45) is 0 Å². The van der Waals surface area contributed by atoms with Crippen LogP contribution in [0.25, 0.3) is 10.9 Å². The summed E-state index contributed by atoms with van der Waals surface area (Å²) in [6.45, 7) is 3.81. The summed E-state index contributed by atoms with van der Waals surface area (Å²) in [5, 5.41) is 8.45. The normalized spacial score (nSPS) is 16.8. The highest BCUT2D eigenvalue weighted by Crippen LogP contribution is 2.34. The number of aryl methyl sites for hydroxylation is 3. The van der Waals surface area contributed by atoms with E-state index in [0.717, 1.165) is 41.8 Å². The van der Waals surface area contributed by atoms with Gasteiger partial charge >= 0.3 is 0 Å². The fourth-order valence-corrected chi connectivity index (χ4v) is 3.92. The highest BCUT2D eigenvalue weighted by atomic mass is 16.5. The lowest BCUT2D eigenvalue weighted by Crippen LogP contribution is -2.31. The predicted octanol–water partition coefficient (Wildman–Crippen LogP) is 3.90. The first kappa shape index (κ1) is 15.9. The highest BCUT2D eigenvalue weighted by molar-refractivity contribution is 5.85. The Morgan fingerprint density at radius 2 is 2.20 bits per heavy atom. The predicted molar refractivity (Wildman–Crippen MR) is 96.4 cm³/mol. The number of benzene rings is 1. The van der Waals surface area contributed by atoms with Gasteiger partial charge in [0.05, 0.1) is 11.7 Å². The van der Waals surface area contributed by atoms with Gasteiger partial charge in [-0.15, -0.1) is 0 Å². The molecule has 0 spiro atoms. The maximum atomic E-state index is 12.5. The topological polar surface area (TPSA) is 70.9 Å². The van der Waals surface area contributed by atoms with Gasteiger partial charge in [0.15, 0.2) is 0 Å². The number of carbonyl (C=O) groups excluding carboxylic acids is 1. The molecule has 3 aromatic rings. The molecule has 2 aromatic heterocycles. The van der Waals surface area contributed by atoms with Crippen LogP contribution < -0.4 is 5.32 Å². The molecule has 0 bridgehead atoms. The van der Waals surface area contributed by atoms with Gasteiger partial charge in [-0.25, -0.2) is 0 Å². The fraction of sp³-hybridized carbons (Fsp3) is 0.400. The number of para-hydroxylation sites is 1. The van der Waals surface area contributed by atoms with Gasteiger partial charge in [-0.1, -0.05) is 23.4 Å². The van der Waals surface area contributed by atoms with Crippen LogP contribution in [0.15, 0.2) is 28.8 Å². The molecule has 5 heteroatoms. The van der Waals surface area contributed by atoms with E-state index in [4.69, 9.17) is 4.52 Å². The monoisotopic (exact) mass is 337 g/mol. The number of nitrogens with zero attached hydrogens (tertiary/aromatic N) is 1. The maximum Gasteiger partial charge on any atom is 0.220 e. The zero-order valence-corrected chi connectivity index (χ0v) is 14.7. The van der Waals surface area contributed by atoms with Crippen LogP contribution in [0.5, 0.6) is 0 Å². The fourth-order valence-electron chi connectivity index (χ4n) is 3.92. The molecule has 5 nitrogen and oxygen atoms in total. The van der Waals surface area contributed by atoms with E-state index in [-0.39, 0.29) is 11.9 Å². The van der Waals surface area contributed by atoms with Crippen molar-refractivity contribution in [2.75, 3.05) is 0 Å². The van der Waals surface area contributed by atoms with Gasteiger partial charge < -0.3 is 14.8 Å². The summed E-state index contributed by atoms with van der Waals surface area (Å²) in [6, 6.07) is 8.45. The zero-order chi connectivity index (χ0) is 17.4. The van der Waals surface area contributed by atoms with Crippen molar-refractivity contribution in [3.63, 3.8) is 0 Å². The van der Waals surface area contributed by atoms with Crippen LogP contribution >= 0.6 is 0 Å². The van der Waals surface area contributed by atoms with E-state index in [9.17, 15) is 4.79 Å². The summed E-state index contributed by atoms with van der Waals surface area (Å²) in [5.74, 6) is 0.886. The van der Waals surface area contributed by atoms with Crippen LogP contribution in [-0.2, 0) is 17.6 Å². The molecule has 1 amide bonds. The van der Waals surface area contributed by atoms with E-state index in [1.54, 1.807) is 0 Å². The van der Waals surface area contributed by atoms with Crippen LogP contribution in [0, 0.1) is 13.8 Å². The number of rotatable bonds is 4. The van der Waals surface area contributed by atoms with Crippen LogP contribution in [0.4, 0.5) is 0 Å². The average molecular weight is 337 g/mol. The quantitative estimate of drug-likeness (QED) is 0.758. The Morgan fingerprint density at radius 1 is 1.36 bits per heavy atom. The summed E-state index contributed by atoms with van der Waals surface area (Å²) in [4.78, 5) is 16.0. The molecule has 0 radical (unpaired) electrons. The number of aromatic nitrogens is 2. The molecule has 1 aliphatic carbocycles. The minimum atomic E-state index is 0.0771. The first-order valence-corrected chi connectivity index (χ1v) is 8.94. The molecule has 1 aliphatic rings. The molecule has 2 heterocycles. The summed E-state index contributed by atoms with van der Waals surface area (Å²) in [6.07, 6.45) is 4.28. The number of fused-ring (bicyclic) bond motifs is 3. The van der Waals surface area contributed by atoms with Crippen molar-refractivity contribution in [3.8, 4) is 0 Å². The van der Waals surface area contributed by atoms with Crippen LogP contribution in [0.2, 0.25) is 0 Å². The smallest absolute Gasteiger partial charge is 0.220 e. The van der Waals surface area contributed by atoms with E-state index in [2.05, 4.69) is 33.7 Å². The minimum Gasteiger partial charge on any atom is -0.361 e. The van der Waals surface area contributed by atoms with Crippen molar-refractivity contribution in [2.45, 2.75) is 52.0 Å². The first-order valence-electron chi connectivity index (χ1n) is 8.94. The Bertz CT molecular complexity index is 903. The molecule has 1 atom stereocenters. The third-order valence-corrected chi connectivity index (χ3v) is 5.23. The molecule has 25 heavy (non-hydrogen) atoms.